The Morgan fingerprint density at radius 3 is 1.04 bits per heavy atom. The normalized spacial score (nSPS) is 11.3. The Morgan fingerprint density at radius 2 is 0.723 bits per heavy atom. The summed E-state index contributed by atoms with van der Waals surface area (Å²) >= 11 is 0. The van der Waals surface area contributed by atoms with Gasteiger partial charge in [0.15, 0.2) is 5.78 Å². The van der Waals surface area contributed by atoms with Gasteiger partial charge in [0.25, 0.3) is 0 Å². The fourth-order valence-electron chi connectivity index (χ4n) is 7.03. The van der Waals surface area contributed by atoms with Gasteiger partial charge >= 0.3 is 0 Å². The summed E-state index contributed by atoms with van der Waals surface area (Å²) in [6.07, 6.45) is -1.22. The molecule has 47 heavy (non-hydrogen) atoms. The molecule has 6 aromatic carbocycles. The van der Waals surface area contributed by atoms with E-state index in [1.54, 1.807) is 0 Å². The molecular formula is C44H46BNO. The average Bonchev–Trinajstić information content (AvgIpc) is 3.17. The molecule has 0 aliphatic heterocycles. The van der Waals surface area contributed by atoms with Crippen LogP contribution in [0.5, 0.6) is 0 Å². The first-order valence-corrected chi connectivity index (χ1v) is 17.0. The van der Waals surface area contributed by atoms with Gasteiger partial charge in [0.1, 0.15) is 12.7 Å². The molecule has 0 aliphatic carbocycles. The average molecular weight is 616 g/mol. The lowest BCUT2D eigenvalue weighted by atomic mass is 9.13. The van der Waals surface area contributed by atoms with Crippen molar-refractivity contribution in [2.75, 3.05) is 19.6 Å². The first-order valence-electron chi connectivity index (χ1n) is 17.0. The Balaban J connectivity index is 0.000000186. The van der Waals surface area contributed by atoms with E-state index in [4.69, 9.17) is 0 Å². The van der Waals surface area contributed by atoms with Crippen LogP contribution in [0.4, 0.5) is 0 Å². The number of hydrogen-bond donors (Lipinski definition) is 0. The van der Waals surface area contributed by atoms with Gasteiger partial charge in [0, 0.05) is 16.7 Å². The van der Waals surface area contributed by atoms with Crippen LogP contribution in [0, 0.1) is 0 Å². The van der Waals surface area contributed by atoms with Gasteiger partial charge in [-0.25, -0.2) is 0 Å². The molecule has 6 aromatic rings. The van der Waals surface area contributed by atoms with E-state index in [9.17, 15) is 4.79 Å². The fourth-order valence-corrected chi connectivity index (χ4v) is 7.03. The van der Waals surface area contributed by atoms with Gasteiger partial charge in [-0.05, 0) is 20.8 Å². The van der Waals surface area contributed by atoms with Crippen molar-refractivity contribution >= 4 is 33.8 Å². The van der Waals surface area contributed by atoms with E-state index in [1.807, 2.05) is 42.5 Å². The predicted octanol–water partition coefficient (Wildman–Crippen LogP) is 7.36. The van der Waals surface area contributed by atoms with E-state index >= 15 is 0 Å². The minimum Gasteiger partial charge on any atom is -0.321 e. The number of carbonyl (C=O) groups excluding carboxylic acids is 1. The molecule has 0 bridgehead atoms. The van der Waals surface area contributed by atoms with Crippen LogP contribution in [0.2, 0.25) is 0 Å². The number of hydrogen-bond acceptors (Lipinski definition) is 1. The Morgan fingerprint density at radius 1 is 0.426 bits per heavy atom. The highest BCUT2D eigenvalue weighted by molar-refractivity contribution is 7.19. The minimum atomic E-state index is -1.22. The Labute approximate surface area is 281 Å². The molecule has 0 heterocycles. The Hall–Kier alpha value is -4.99. The van der Waals surface area contributed by atoms with Crippen LogP contribution < -0.4 is 21.9 Å². The topological polar surface area (TPSA) is 17.1 Å². The van der Waals surface area contributed by atoms with E-state index < -0.39 is 6.15 Å². The molecule has 0 saturated carbocycles. The predicted molar refractivity (Wildman–Crippen MR) is 202 cm³/mol. The van der Waals surface area contributed by atoms with Crippen LogP contribution in [0.3, 0.4) is 0 Å². The standard InChI is InChI=1S/C24H20B.C20H26NO/c1-5-13-21(14-6-1)25(22-15-7-2-8-16-22,23-17-9-3-10-18-23)24-19-11-4-12-20-24;1-4-21(5-2,6-3)16-17-12-14-19(15-13-17)20(22)18-10-8-7-9-11-18/h1-20H;7-15H,4-6,16H2,1-3H3/q-1;+1. The zero-order valence-corrected chi connectivity index (χ0v) is 28.0. The van der Waals surface area contributed by atoms with Crippen molar-refractivity contribution in [1.82, 2.24) is 0 Å². The van der Waals surface area contributed by atoms with Gasteiger partial charge < -0.3 is 4.48 Å². The lowest BCUT2D eigenvalue weighted by Crippen LogP contribution is -2.74. The quantitative estimate of drug-likeness (QED) is 0.0846. The van der Waals surface area contributed by atoms with Crippen molar-refractivity contribution in [1.29, 1.82) is 0 Å². The van der Waals surface area contributed by atoms with Crippen molar-refractivity contribution in [3.05, 3.63) is 193 Å². The number of nitrogens with zero attached hydrogens (tertiary/aromatic N) is 1. The number of ketones is 1. The maximum absolute atomic E-state index is 12.4. The van der Waals surface area contributed by atoms with Crippen LogP contribution in [-0.2, 0) is 6.54 Å². The van der Waals surface area contributed by atoms with E-state index in [0.717, 1.165) is 41.8 Å². The molecule has 6 rings (SSSR count). The molecule has 0 aliphatic rings. The molecule has 0 unspecified atom stereocenters. The summed E-state index contributed by atoms with van der Waals surface area (Å²) in [6, 6.07) is 61.1. The molecule has 0 N–H and O–H groups in total. The number of quaternary nitrogens is 1. The molecule has 0 spiro atoms. The second-order valence-electron chi connectivity index (χ2n) is 12.3. The summed E-state index contributed by atoms with van der Waals surface area (Å²) in [5, 5.41) is 0. The highest BCUT2D eigenvalue weighted by Gasteiger charge is 2.31. The Bertz CT molecular complexity index is 1610. The van der Waals surface area contributed by atoms with Crippen molar-refractivity contribution in [2.45, 2.75) is 27.3 Å². The molecular weight excluding hydrogens is 569 g/mol. The molecule has 0 radical (unpaired) electrons. The SMILES string of the molecule is CC[N+](CC)(CC)Cc1ccc(C(=O)c2ccccc2)cc1.c1ccc([B-](c2ccccc2)(c2ccccc2)c2ccccc2)cc1. The maximum Gasteiger partial charge on any atom is 0.193 e. The van der Waals surface area contributed by atoms with Gasteiger partial charge in [0.05, 0.1) is 19.6 Å². The first kappa shape index (κ1) is 33.4. The lowest BCUT2D eigenvalue weighted by molar-refractivity contribution is -0.936. The molecule has 236 valence electrons. The number of benzene rings is 6. The third kappa shape index (κ3) is 7.54. The summed E-state index contributed by atoms with van der Waals surface area (Å²) in [5.74, 6) is 0.0920. The summed E-state index contributed by atoms with van der Waals surface area (Å²) in [4.78, 5) is 12.4. The molecule has 0 atom stereocenters. The summed E-state index contributed by atoms with van der Waals surface area (Å²) < 4.78 is 1.09. The van der Waals surface area contributed by atoms with Crippen LogP contribution in [0.15, 0.2) is 176 Å². The molecule has 0 aromatic heterocycles. The van der Waals surface area contributed by atoms with Crippen molar-refractivity contribution in [3.8, 4) is 0 Å². The second kappa shape index (κ2) is 16.0. The number of rotatable bonds is 11. The fraction of sp³-hybridized carbons (Fsp3) is 0.159. The number of carbonyl (C=O) groups is 1. The van der Waals surface area contributed by atoms with Crippen LogP contribution >= 0.6 is 0 Å². The third-order valence-corrected chi connectivity index (χ3v) is 9.98. The lowest BCUT2D eigenvalue weighted by Gasteiger charge is -2.44. The summed E-state index contributed by atoms with van der Waals surface area (Å²) in [7, 11) is 0. The van der Waals surface area contributed by atoms with Gasteiger partial charge in [-0.15, -0.1) is 0 Å². The minimum absolute atomic E-state index is 0.0920. The Kier molecular flexibility index (Phi) is 11.4. The molecule has 0 amide bonds. The molecule has 3 heteroatoms. The molecule has 0 saturated heterocycles. The van der Waals surface area contributed by atoms with E-state index in [0.29, 0.717) is 0 Å². The highest BCUT2D eigenvalue weighted by Crippen LogP contribution is 2.17. The van der Waals surface area contributed by atoms with Crippen molar-refractivity contribution < 1.29 is 9.28 Å². The third-order valence-electron chi connectivity index (χ3n) is 9.98. The smallest absolute Gasteiger partial charge is 0.193 e. The maximum atomic E-state index is 12.4. The van der Waals surface area contributed by atoms with E-state index in [1.165, 1.54) is 27.4 Å². The van der Waals surface area contributed by atoms with Gasteiger partial charge in [-0.3, -0.25) is 4.79 Å². The van der Waals surface area contributed by atoms with Crippen LogP contribution in [0.25, 0.3) is 0 Å². The summed E-state index contributed by atoms with van der Waals surface area (Å²) in [6.45, 7) is 11.2. The van der Waals surface area contributed by atoms with Crippen molar-refractivity contribution in [2.24, 2.45) is 0 Å². The first-order chi connectivity index (χ1) is 23.1. The van der Waals surface area contributed by atoms with E-state index in [2.05, 4.69) is 154 Å². The zero-order chi connectivity index (χ0) is 33.0. The van der Waals surface area contributed by atoms with Crippen LogP contribution in [-0.4, -0.2) is 36.0 Å². The van der Waals surface area contributed by atoms with E-state index in [-0.39, 0.29) is 5.78 Å². The summed E-state index contributed by atoms with van der Waals surface area (Å²) in [5.41, 5.74) is 8.16. The van der Waals surface area contributed by atoms with Crippen LogP contribution in [0.1, 0.15) is 42.3 Å². The van der Waals surface area contributed by atoms with Gasteiger partial charge in [-0.1, -0.05) is 176 Å². The highest BCUT2D eigenvalue weighted by atomic mass is 16.1. The van der Waals surface area contributed by atoms with Gasteiger partial charge in [-0.2, -0.15) is 21.9 Å². The molecule has 2 nitrogen and oxygen atoms in total. The molecule has 0 fully saturated rings. The monoisotopic (exact) mass is 615 g/mol. The second-order valence-corrected chi connectivity index (χ2v) is 12.3. The largest absolute Gasteiger partial charge is 0.321 e. The zero-order valence-electron chi connectivity index (χ0n) is 28.0. The van der Waals surface area contributed by atoms with Crippen molar-refractivity contribution in [3.63, 3.8) is 0 Å². The van der Waals surface area contributed by atoms with Gasteiger partial charge in [0.2, 0.25) is 0 Å².